The Morgan fingerprint density at radius 3 is 2.31 bits per heavy atom. The maximum atomic E-state index is 12.6. The summed E-state index contributed by atoms with van der Waals surface area (Å²) in [4.78, 5) is 29.0. The van der Waals surface area contributed by atoms with E-state index in [9.17, 15) is 9.59 Å². The normalized spacial score (nSPS) is 14.8. The van der Waals surface area contributed by atoms with Gasteiger partial charge in [-0.2, -0.15) is 0 Å². The molecule has 0 saturated carbocycles. The SMILES string of the molecule is COC(=O)c1ccc(N2CCN(C)CC2)c(NC(=O)c2ccccc2)c1. The molecular formula is C20H23N3O3. The lowest BCUT2D eigenvalue weighted by Gasteiger charge is -2.35. The summed E-state index contributed by atoms with van der Waals surface area (Å²) in [7, 11) is 3.44. The smallest absolute Gasteiger partial charge is 0.337 e. The van der Waals surface area contributed by atoms with Crippen LogP contribution in [0, 0.1) is 0 Å². The highest BCUT2D eigenvalue weighted by Gasteiger charge is 2.20. The highest BCUT2D eigenvalue weighted by atomic mass is 16.5. The van der Waals surface area contributed by atoms with Crippen molar-refractivity contribution in [2.24, 2.45) is 0 Å². The number of methoxy groups -OCH3 is 1. The molecule has 0 radical (unpaired) electrons. The largest absolute Gasteiger partial charge is 0.465 e. The van der Waals surface area contributed by atoms with Crippen molar-refractivity contribution in [3.8, 4) is 0 Å². The number of benzene rings is 2. The fourth-order valence-electron chi connectivity index (χ4n) is 2.99. The van der Waals surface area contributed by atoms with Crippen molar-refractivity contribution in [2.75, 3.05) is 50.6 Å². The number of anilines is 2. The van der Waals surface area contributed by atoms with Crippen LogP contribution < -0.4 is 10.2 Å². The van der Waals surface area contributed by atoms with Crippen LogP contribution in [0.15, 0.2) is 48.5 Å². The second-order valence-corrected chi connectivity index (χ2v) is 6.33. The zero-order valence-corrected chi connectivity index (χ0v) is 15.1. The van der Waals surface area contributed by atoms with Crippen LogP contribution in [0.5, 0.6) is 0 Å². The number of amides is 1. The Bertz CT molecular complexity index is 784. The first-order valence-corrected chi connectivity index (χ1v) is 8.61. The Morgan fingerprint density at radius 1 is 0.962 bits per heavy atom. The van der Waals surface area contributed by atoms with Gasteiger partial charge in [0.1, 0.15) is 0 Å². The Morgan fingerprint density at radius 2 is 1.65 bits per heavy atom. The number of hydrogen-bond acceptors (Lipinski definition) is 5. The number of esters is 1. The third kappa shape index (κ3) is 4.03. The molecule has 136 valence electrons. The van der Waals surface area contributed by atoms with Gasteiger partial charge in [0, 0.05) is 31.7 Å². The predicted molar refractivity (Wildman–Crippen MR) is 102 cm³/mol. The fourth-order valence-corrected chi connectivity index (χ4v) is 2.99. The second kappa shape index (κ2) is 8.01. The number of piperazine rings is 1. The molecule has 0 bridgehead atoms. The van der Waals surface area contributed by atoms with E-state index >= 15 is 0 Å². The van der Waals surface area contributed by atoms with E-state index in [1.807, 2.05) is 24.3 Å². The lowest BCUT2D eigenvalue weighted by molar-refractivity contribution is 0.0600. The molecule has 3 rings (SSSR count). The minimum atomic E-state index is -0.426. The van der Waals surface area contributed by atoms with E-state index in [0.717, 1.165) is 31.9 Å². The minimum Gasteiger partial charge on any atom is -0.465 e. The first-order valence-electron chi connectivity index (χ1n) is 8.61. The summed E-state index contributed by atoms with van der Waals surface area (Å²) in [5.41, 5.74) is 2.51. The number of nitrogens with one attached hydrogen (secondary N) is 1. The van der Waals surface area contributed by atoms with Gasteiger partial charge in [0.05, 0.1) is 24.0 Å². The maximum Gasteiger partial charge on any atom is 0.337 e. The number of carbonyl (C=O) groups excluding carboxylic acids is 2. The Labute approximate surface area is 153 Å². The minimum absolute atomic E-state index is 0.206. The highest BCUT2D eigenvalue weighted by molar-refractivity contribution is 6.06. The van der Waals surface area contributed by atoms with Gasteiger partial charge < -0.3 is 19.9 Å². The van der Waals surface area contributed by atoms with Gasteiger partial charge in [-0.1, -0.05) is 18.2 Å². The monoisotopic (exact) mass is 353 g/mol. The van der Waals surface area contributed by atoms with Crippen molar-refractivity contribution in [3.05, 3.63) is 59.7 Å². The molecule has 1 amide bonds. The van der Waals surface area contributed by atoms with Gasteiger partial charge in [0.15, 0.2) is 0 Å². The first-order chi connectivity index (χ1) is 12.6. The lowest BCUT2D eigenvalue weighted by Crippen LogP contribution is -2.44. The van der Waals surface area contributed by atoms with E-state index in [4.69, 9.17) is 4.74 Å². The molecule has 0 aromatic heterocycles. The summed E-state index contributed by atoms with van der Waals surface area (Å²) in [5, 5.41) is 2.95. The molecule has 0 atom stereocenters. The van der Waals surface area contributed by atoms with Gasteiger partial charge >= 0.3 is 5.97 Å². The molecule has 6 heteroatoms. The number of rotatable bonds is 4. The van der Waals surface area contributed by atoms with Gasteiger partial charge in [0.2, 0.25) is 0 Å². The number of ether oxygens (including phenoxy) is 1. The summed E-state index contributed by atoms with van der Waals surface area (Å²) in [6.07, 6.45) is 0. The van der Waals surface area contributed by atoms with E-state index in [1.165, 1.54) is 7.11 Å². The van der Waals surface area contributed by atoms with E-state index in [0.29, 0.717) is 16.8 Å². The molecule has 0 spiro atoms. The predicted octanol–water partition coefficient (Wildman–Crippen LogP) is 2.48. The summed E-state index contributed by atoms with van der Waals surface area (Å²) >= 11 is 0. The van der Waals surface area contributed by atoms with Crippen LogP contribution in [0.25, 0.3) is 0 Å². The zero-order valence-electron chi connectivity index (χ0n) is 15.1. The molecule has 1 saturated heterocycles. The van der Waals surface area contributed by atoms with Crippen molar-refractivity contribution < 1.29 is 14.3 Å². The molecule has 0 aliphatic carbocycles. The van der Waals surface area contributed by atoms with Crippen molar-refractivity contribution >= 4 is 23.3 Å². The summed E-state index contributed by atoms with van der Waals surface area (Å²) in [6, 6.07) is 14.3. The van der Waals surface area contributed by atoms with E-state index in [-0.39, 0.29) is 5.91 Å². The molecular weight excluding hydrogens is 330 g/mol. The molecule has 1 N–H and O–H groups in total. The zero-order chi connectivity index (χ0) is 18.5. The molecule has 1 fully saturated rings. The molecule has 1 heterocycles. The average Bonchev–Trinajstić information content (AvgIpc) is 2.68. The van der Waals surface area contributed by atoms with Gasteiger partial charge in [-0.05, 0) is 37.4 Å². The van der Waals surface area contributed by atoms with Crippen molar-refractivity contribution in [1.29, 1.82) is 0 Å². The molecule has 2 aromatic rings. The van der Waals surface area contributed by atoms with Crippen LogP contribution in [0.1, 0.15) is 20.7 Å². The maximum absolute atomic E-state index is 12.6. The third-order valence-electron chi connectivity index (χ3n) is 4.55. The van der Waals surface area contributed by atoms with Crippen molar-refractivity contribution in [1.82, 2.24) is 4.90 Å². The average molecular weight is 353 g/mol. The lowest BCUT2D eigenvalue weighted by atomic mass is 10.1. The fraction of sp³-hybridized carbons (Fsp3) is 0.300. The molecule has 2 aromatic carbocycles. The third-order valence-corrected chi connectivity index (χ3v) is 4.55. The quantitative estimate of drug-likeness (QED) is 0.856. The molecule has 26 heavy (non-hydrogen) atoms. The van der Waals surface area contributed by atoms with Gasteiger partial charge in [-0.3, -0.25) is 4.79 Å². The van der Waals surface area contributed by atoms with Crippen LogP contribution in [-0.4, -0.2) is 57.1 Å². The highest BCUT2D eigenvalue weighted by Crippen LogP contribution is 2.29. The van der Waals surface area contributed by atoms with Crippen molar-refractivity contribution in [2.45, 2.75) is 0 Å². The van der Waals surface area contributed by atoms with Crippen LogP contribution >= 0.6 is 0 Å². The number of likely N-dealkylation sites (N-methyl/N-ethyl adjacent to an activating group) is 1. The Balaban J connectivity index is 1.91. The molecule has 0 unspecified atom stereocenters. The van der Waals surface area contributed by atoms with E-state index in [2.05, 4.69) is 22.2 Å². The first kappa shape index (κ1) is 17.9. The molecule has 1 aliphatic heterocycles. The summed E-state index contributed by atoms with van der Waals surface area (Å²) in [6.45, 7) is 3.63. The summed E-state index contributed by atoms with van der Waals surface area (Å²) in [5.74, 6) is -0.631. The van der Waals surface area contributed by atoms with E-state index < -0.39 is 5.97 Å². The molecule has 6 nitrogen and oxygen atoms in total. The number of carbonyl (C=O) groups is 2. The Kier molecular flexibility index (Phi) is 5.53. The second-order valence-electron chi connectivity index (χ2n) is 6.33. The van der Waals surface area contributed by atoms with Crippen LogP contribution in [0.2, 0.25) is 0 Å². The van der Waals surface area contributed by atoms with Crippen LogP contribution in [-0.2, 0) is 4.74 Å². The standard InChI is InChI=1S/C20H23N3O3/c1-22-10-12-23(13-11-22)18-9-8-16(20(25)26-2)14-17(18)21-19(24)15-6-4-3-5-7-15/h3-9,14H,10-13H2,1-2H3,(H,21,24). The number of hydrogen-bond donors (Lipinski definition) is 1. The van der Waals surface area contributed by atoms with Gasteiger partial charge in [-0.25, -0.2) is 4.79 Å². The van der Waals surface area contributed by atoms with Crippen LogP contribution in [0.4, 0.5) is 11.4 Å². The van der Waals surface area contributed by atoms with Gasteiger partial charge in [0.25, 0.3) is 5.91 Å². The summed E-state index contributed by atoms with van der Waals surface area (Å²) < 4.78 is 4.81. The van der Waals surface area contributed by atoms with Gasteiger partial charge in [-0.15, -0.1) is 0 Å². The van der Waals surface area contributed by atoms with Crippen molar-refractivity contribution in [3.63, 3.8) is 0 Å². The Hall–Kier alpha value is -2.86. The molecule has 1 aliphatic rings. The number of nitrogens with zero attached hydrogens (tertiary/aromatic N) is 2. The van der Waals surface area contributed by atoms with Crippen LogP contribution in [0.3, 0.4) is 0 Å². The topological polar surface area (TPSA) is 61.9 Å². The van der Waals surface area contributed by atoms with E-state index in [1.54, 1.807) is 24.3 Å².